The van der Waals surface area contributed by atoms with E-state index in [1.165, 1.54) is 83.5 Å². The highest BCUT2D eigenvalue weighted by Crippen LogP contribution is 2.11. The lowest BCUT2D eigenvalue weighted by Gasteiger charge is -2.00. The van der Waals surface area contributed by atoms with Gasteiger partial charge in [0, 0.05) is 6.42 Å². The SMILES string of the molecule is CCCCCCCCCCC=CCCCCCCCC(=O)O. The van der Waals surface area contributed by atoms with Gasteiger partial charge in [0.2, 0.25) is 0 Å². The molecule has 0 atom stereocenters. The molecule has 130 valence electrons. The first-order valence-corrected chi connectivity index (χ1v) is 9.64. The second-order valence-electron chi connectivity index (χ2n) is 6.44. The van der Waals surface area contributed by atoms with Crippen LogP contribution in [0.1, 0.15) is 110 Å². The van der Waals surface area contributed by atoms with Crippen molar-refractivity contribution in [1.29, 1.82) is 0 Å². The van der Waals surface area contributed by atoms with Gasteiger partial charge in [0.25, 0.3) is 0 Å². The van der Waals surface area contributed by atoms with Crippen molar-refractivity contribution >= 4 is 5.97 Å². The van der Waals surface area contributed by atoms with Crippen LogP contribution in [0.5, 0.6) is 0 Å². The lowest BCUT2D eigenvalue weighted by atomic mass is 10.1. The molecule has 0 radical (unpaired) electrons. The van der Waals surface area contributed by atoms with Gasteiger partial charge in [-0.05, 0) is 32.1 Å². The van der Waals surface area contributed by atoms with Crippen LogP contribution in [0.15, 0.2) is 12.2 Å². The van der Waals surface area contributed by atoms with Crippen molar-refractivity contribution in [3.8, 4) is 0 Å². The number of unbranched alkanes of at least 4 members (excludes halogenated alkanes) is 13. The largest absolute Gasteiger partial charge is 0.481 e. The summed E-state index contributed by atoms with van der Waals surface area (Å²) in [7, 11) is 0. The van der Waals surface area contributed by atoms with Crippen LogP contribution in [-0.2, 0) is 4.79 Å². The first kappa shape index (κ1) is 21.2. The summed E-state index contributed by atoms with van der Waals surface area (Å²) in [6, 6.07) is 0. The quantitative estimate of drug-likeness (QED) is 0.234. The van der Waals surface area contributed by atoms with Crippen LogP contribution >= 0.6 is 0 Å². The predicted molar refractivity (Wildman–Crippen MR) is 96.3 cm³/mol. The van der Waals surface area contributed by atoms with E-state index in [1.807, 2.05) is 0 Å². The second kappa shape index (κ2) is 18.3. The molecule has 1 N–H and O–H groups in total. The molecule has 0 bridgehead atoms. The summed E-state index contributed by atoms with van der Waals surface area (Å²) in [5.74, 6) is -0.663. The van der Waals surface area contributed by atoms with E-state index in [4.69, 9.17) is 5.11 Å². The molecule has 0 aromatic carbocycles. The molecule has 0 aromatic heterocycles. The molecule has 2 nitrogen and oxygen atoms in total. The number of carboxylic acids is 1. The molecular formula is C20H38O2. The van der Waals surface area contributed by atoms with Crippen LogP contribution < -0.4 is 0 Å². The number of hydrogen-bond acceptors (Lipinski definition) is 1. The Balaban J connectivity index is 3.07. The van der Waals surface area contributed by atoms with Gasteiger partial charge in [-0.1, -0.05) is 83.3 Å². The van der Waals surface area contributed by atoms with Gasteiger partial charge in [0.1, 0.15) is 0 Å². The summed E-state index contributed by atoms with van der Waals surface area (Å²) in [5, 5.41) is 8.53. The van der Waals surface area contributed by atoms with E-state index in [-0.39, 0.29) is 0 Å². The zero-order chi connectivity index (χ0) is 16.3. The third kappa shape index (κ3) is 19.2. The van der Waals surface area contributed by atoms with E-state index in [0.717, 1.165) is 12.8 Å². The monoisotopic (exact) mass is 310 g/mol. The first-order chi connectivity index (χ1) is 10.8. The normalized spacial score (nSPS) is 11.3. The van der Waals surface area contributed by atoms with Crippen LogP contribution in [0.4, 0.5) is 0 Å². The Bertz CT molecular complexity index is 258. The highest BCUT2D eigenvalue weighted by molar-refractivity contribution is 5.66. The Hall–Kier alpha value is -0.790. The predicted octanol–water partition coefficient (Wildman–Crippen LogP) is 6.89. The van der Waals surface area contributed by atoms with Crippen molar-refractivity contribution in [2.75, 3.05) is 0 Å². The van der Waals surface area contributed by atoms with Crippen LogP contribution in [0.25, 0.3) is 0 Å². The minimum atomic E-state index is -0.663. The van der Waals surface area contributed by atoms with Gasteiger partial charge in [0.15, 0.2) is 0 Å². The van der Waals surface area contributed by atoms with Gasteiger partial charge in [0.05, 0.1) is 0 Å². The minimum absolute atomic E-state index is 0.332. The lowest BCUT2D eigenvalue weighted by Crippen LogP contribution is -1.93. The number of carboxylic acid groups (broad SMARTS) is 1. The fourth-order valence-electron chi connectivity index (χ4n) is 2.70. The smallest absolute Gasteiger partial charge is 0.303 e. The Kier molecular flexibility index (Phi) is 17.6. The van der Waals surface area contributed by atoms with Crippen molar-refractivity contribution in [1.82, 2.24) is 0 Å². The molecule has 0 spiro atoms. The van der Waals surface area contributed by atoms with E-state index in [9.17, 15) is 4.79 Å². The molecule has 0 aliphatic carbocycles. The molecule has 2 heteroatoms. The number of rotatable bonds is 17. The van der Waals surface area contributed by atoms with E-state index in [0.29, 0.717) is 6.42 Å². The fourth-order valence-corrected chi connectivity index (χ4v) is 2.70. The molecule has 0 unspecified atom stereocenters. The van der Waals surface area contributed by atoms with E-state index >= 15 is 0 Å². The molecule has 22 heavy (non-hydrogen) atoms. The van der Waals surface area contributed by atoms with E-state index < -0.39 is 5.97 Å². The zero-order valence-corrected chi connectivity index (χ0v) is 14.8. The Morgan fingerprint density at radius 3 is 1.55 bits per heavy atom. The molecule has 0 saturated heterocycles. The van der Waals surface area contributed by atoms with Gasteiger partial charge in [-0.25, -0.2) is 0 Å². The lowest BCUT2D eigenvalue weighted by molar-refractivity contribution is -0.137. The maximum atomic E-state index is 10.4. The molecule has 0 fully saturated rings. The van der Waals surface area contributed by atoms with Gasteiger partial charge < -0.3 is 5.11 Å². The van der Waals surface area contributed by atoms with Crippen LogP contribution in [0, 0.1) is 0 Å². The van der Waals surface area contributed by atoms with Gasteiger partial charge >= 0.3 is 5.97 Å². The highest BCUT2D eigenvalue weighted by atomic mass is 16.4. The number of allylic oxidation sites excluding steroid dienone is 2. The molecule has 0 aromatic rings. The molecule has 0 heterocycles. The van der Waals surface area contributed by atoms with Crippen molar-refractivity contribution in [2.45, 2.75) is 110 Å². The summed E-state index contributed by atoms with van der Waals surface area (Å²) in [6.07, 6.45) is 24.2. The van der Waals surface area contributed by atoms with Crippen LogP contribution in [-0.4, -0.2) is 11.1 Å². The van der Waals surface area contributed by atoms with Crippen molar-refractivity contribution < 1.29 is 9.90 Å². The molecule has 0 aliphatic rings. The maximum Gasteiger partial charge on any atom is 0.303 e. The summed E-state index contributed by atoms with van der Waals surface area (Å²) >= 11 is 0. The van der Waals surface area contributed by atoms with Crippen molar-refractivity contribution in [3.05, 3.63) is 12.2 Å². The van der Waals surface area contributed by atoms with Crippen LogP contribution in [0.2, 0.25) is 0 Å². The molecule has 0 rings (SSSR count). The summed E-state index contributed by atoms with van der Waals surface area (Å²) in [6.45, 7) is 2.27. The fraction of sp³-hybridized carbons (Fsp3) is 0.850. The maximum absolute atomic E-state index is 10.4. The summed E-state index contributed by atoms with van der Waals surface area (Å²) in [4.78, 5) is 10.4. The Morgan fingerprint density at radius 1 is 0.682 bits per heavy atom. The molecule has 0 amide bonds. The standard InChI is InChI=1S/C20H38O2/c1-2-3-4-5-6-7-8-9-10-11-12-13-14-15-16-17-18-19-20(21)22/h11-12H,2-10,13-19H2,1H3,(H,21,22). The average Bonchev–Trinajstić information content (AvgIpc) is 2.50. The molecule has 0 saturated carbocycles. The summed E-state index contributed by atoms with van der Waals surface area (Å²) < 4.78 is 0. The number of carbonyl (C=O) groups is 1. The second-order valence-corrected chi connectivity index (χ2v) is 6.44. The topological polar surface area (TPSA) is 37.3 Å². The Labute approximate surface area is 138 Å². The van der Waals surface area contributed by atoms with E-state index in [1.54, 1.807) is 0 Å². The average molecular weight is 311 g/mol. The van der Waals surface area contributed by atoms with Gasteiger partial charge in [-0.15, -0.1) is 0 Å². The third-order valence-electron chi connectivity index (χ3n) is 4.15. The van der Waals surface area contributed by atoms with Gasteiger partial charge in [-0.2, -0.15) is 0 Å². The molecule has 0 aliphatic heterocycles. The minimum Gasteiger partial charge on any atom is -0.481 e. The van der Waals surface area contributed by atoms with Crippen LogP contribution in [0.3, 0.4) is 0 Å². The van der Waals surface area contributed by atoms with Gasteiger partial charge in [-0.3, -0.25) is 4.79 Å². The zero-order valence-electron chi connectivity index (χ0n) is 14.8. The first-order valence-electron chi connectivity index (χ1n) is 9.64. The number of aliphatic carboxylic acids is 1. The third-order valence-corrected chi connectivity index (χ3v) is 4.15. The van der Waals surface area contributed by atoms with Crippen molar-refractivity contribution in [2.24, 2.45) is 0 Å². The molecular weight excluding hydrogens is 272 g/mol. The Morgan fingerprint density at radius 2 is 1.09 bits per heavy atom. The number of hydrogen-bond donors (Lipinski definition) is 1. The van der Waals surface area contributed by atoms with E-state index in [2.05, 4.69) is 19.1 Å². The summed E-state index contributed by atoms with van der Waals surface area (Å²) in [5.41, 5.74) is 0. The highest BCUT2D eigenvalue weighted by Gasteiger charge is 1.95. The van der Waals surface area contributed by atoms with Crippen molar-refractivity contribution in [3.63, 3.8) is 0 Å².